The molecule has 1 saturated heterocycles. The Morgan fingerprint density at radius 1 is 1.00 bits per heavy atom. The number of aromatic nitrogens is 6. The standard InChI is InChI=1S/C24H24N8/c1-2-4-17(5-3-1)15-31-10-8-19(9-11-31)28-24-25-14-22-23(29-24)32(16-26-22)20-7-6-18-13-27-30-21(18)12-20/h1-7,12-14,16,19H,8-11,15H2,(H,27,30)(H,25,28,29). The summed E-state index contributed by atoms with van der Waals surface area (Å²) in [6, 6.07) is 17.2. The summed E-state index contributed by atoms with van der Waals surface area (Å²) in [6.45, 7) is 3.14. The molecule has 0 aliphatic carbocycles. The molecule has 0 atom stereocenters. The number of hydrogen-bond donors (Lipinski definition) is 2. The lowest BCUT2D eigenvalue weighted by atomic mass is 10.0. The lowest BCUT2D eigenvalue weighted by molar-refractivity contribution is 0.211. The first-order valence-electron chi connectivity index (χ1n) is 11.0. The summed E-state index contributed by atoms with van der Waals surface area (Å²) in [5, 5.41) is 11.7. The highest BCUT2D eigenvalue weighted by Gasteiger charge is 2.20. The molecule has 6 rings (SSSR count). The van der Waals surface area contributed by atoms with Crippen molar-refractivity contribution in [3.8, 4) is 5.69 Å². The molecule has 2 N–H and O–H groups in total. The minimum atomic E-state index is 0.372. The van der Waals surface area contributed by atoms with Gasteiger partial charge in [-0.05, 0) is 36.6 Å². The van der Waals surface area contributed by atoms with Gasteiger partial charge in [0, 0.05) is 31.1 Å². The highest BCUT2D eigenvalue weighted by molar-refractivity contribution is 5.81. The Kier molecular flexibility index (Phi) is 4.77. The molecule has 8 heteroatoms. The summed E-state index contributed by atoms with van der Waals surface area (Å²) < 4.78 is 1.99. The van der Waals surface area contributed by atoms with Crippen LogP contribution in [0, 0.1) is 0 Å². The van der Waals surface area contributed by atoms with Crippen molar-refractivity contribution in [3.63, 3.8) is 0 Å². The van der Waals surface area contributed by atoms with E-state index >= 15 is 0 Å². The van der Waals surface area contributed by atoms with Gasteiger partial charge in [0.1, 0.15) is 11.8 Å². The van der Waals surface area contributed by atoms with Gasteiger partial charge in [-0.3, -0.25) is 14.6 Å². The Bertz CT molecular complexity index is 1350. The Labute approximate surface area is 185 Å². The number of anilines is 1. The average molecular weight is 425 g/mol. The maximum absolute atomic E-state index is 4.80. The van der Waals surface area contributed by atoms with Crippen molar-refractivity contribution in [2.45, 2.75) is 25.4 Å². The van der Waals surface area contributed by atoms with E-state index in [1.54, 1.807) is 12.5 Å². The van der Waals surface area contributed by atoms with Crippen LogP contribution >= 0.6 is 0 Å². The SMILES string of the molecule is c1ccc(CN2CCC(Nc3ncc4ncn(-c5ccc6cn[nH]c6c5)c4n3)CC2)cc1. The van der Waals surface area contributed by atoms with Crippen LogP contribution in [0.15, 0.2) is 67.3 Å². The third-order valence-corrected chi connectivity index (χ3v) is 6.16. The number of fused-ring (bicyclic) bond motifs is 2. The summed E-state index contributed by atoms with van der Waals surface area (Å²) >= 11 is 0. The summed E-state index contributed by atoms with van der Waals surface area (Å²) in [5.74, 6) is 0.656. The third kappa shape index (κ3) is 3.69. The number of nitrogens with one attached hydrogen (secondary N) is 2. The molecule has 0 bridgehead atoms. The van der Waals surface area contributed by atoms with E-state index in [1.807, 2.05) is 16.8 Å². The van der Waals surface area contributed by atoms with Crippen molar-refractivity contribution in [2.75, 3.05) is 18.4 Å². The number of piperidine rings is 1. The van der Waals surface area contributed by atoms with Crippen LogP contribution in [0.5, 0.6) is 0 Å². The van der Waals surface area contributed by atoms with Crippen LogP contribution in [0.25, 0.3) is 27.8 Å². The topological polar surface area (TPSA) is 87.5 Å². The number of nitrogens with zero attached hydrogens (tertiary/aromatic N) is 6. The molecule has 1 aliphatic heterocycles. The molecule has 0 amide bonds. The molecule has 0 unspecified atom stereocenters. The minimum Gasteiger partial charge on any atom is -0.351 e. The molecule has 4 heterocycles. The minimum absolute atomic E-state index is 0.372. The molecule has 160 valence electrons. The summed E-state index contributed by atoms with van der Waals surface area (Å²) in [4.78, 5) is 16.3. The van der Waals surface area contributed by atoms with E-state index in [0.717, 1.165) is 60.2 Å². The maximum atomic E-state index is 4.80. The molecule has 0 radical (unpaired) electrons. The average Bonchev–Trinajstić information content (AvgIpc) is 3.47. The van der Waals surface area contributed by atoms with Crippen molar-refractivity contribution in [1.29, 1.82) is 0 Å². The molecule has 0 spiro atoms. The zero-order valence-electron chi connectivity index (χ0n) is 17.6. The highest BCUT2D eigenvalue weighted by atomic mass is 15.2. The summed E-state index contributed by atoms with van der Waals surface area (Å²) in [7, 11) is 0. The zero-order valence-corrected chi connectivity index (χ0v) is 17.6. The van der Waals surface area contributed by atoms with E-state index in [9.17, 15) is 0 Å². The van der Waals surface area contributed by atoms with Gasteiger partial charge in [0.15, 0.2) is 5.65 Å². The Hall–Kier alpha value is -3.78. The van der Waals surface area contributed by atoms with Gasteiger partial charge in [0.2, 0.25) is 5.95 Å². The fourth-order valence-electron chi connectivity index (χ4n) is 4.40. The number of hydrogen-bond acceptors (Lipinski definition) is 6. The van der Waals surface area contributed by atoms with Crippen LogP contribution in [0.1, 0.15) is 18.4 Å². The van der Waals surface area contributed by atoms with E-state index in [-0.39, 0.29) is 0 Å². The fourth-order valence-corrected chi connectivity index (χ4v) is 4.40. The van der Waals surface area contributed by atoms with Gasteiger partial charge in [0.25, 0.3) is 0 Å². The molecule has 1 fully saturated rings. The number of likely N-dealkylation sites (tertiary alicyclic amines) is 1. The predicted molar refractivity (Wildman–Crippen MR) is 125 cm³/mol. The van der Waals surface area contributed by atoms with E-state index < -0.39 is 0 Å². The first-order chi connectivity index (χ1) is 15.8. The number of rotatable bonds is 5. The molecular weight excluding hydrogens is 400 g/mol. The predicted octanol–water partition coefficient (Wildman–Crippen LogP) is 3.77. The van der Waals surface area contributed by atoms with Crippen molar-refractivity contribution < 1.29 is 0 Å². The van der Waals surface area contributed by atoms with Crippen LogP contribution in [-0.4, -0.2) is 53.7 Å². The second-order valence-corrected chi connectivity index (χ2v) is 8.34. The van der Waals surface area contributed by atoms with Crippen molar-refractivity contribution in [1.82, 2.24) is 34.6 Å². The molecule has 32 heavy (non-hydrogen) atoms. The van der Waals surface area contributed by atoms with Gasteiger partial charge in [-0.1, -0.05) is 30.3 Å². The molecule has 0 saturated carbocycles. The first-order valence-corrected chi connectivity index (χ1v) is 11.0. The highest BCUT2D eigenvalue weighted by Crippen LogP contribution is 2.22. The lowest BCUT2D eigenvalue weighted by Gasteiger charge is -2.32. The second-order valence-electron chi connectivity index (χ2n) is 8.34. The van der Waals surface area contributed by atoms with Gasteiger partial charge in [-0.25, -0.2) is 9.97 Å². The Morgan fingerprint density at radius 3 is 2.75 bits per heavy atom. The van der Waals surface area contributed by atoms with Crippen molar-refractivity contribution in [2.24, 2.45) is 0 Å². The largest absolute Gasteiger partial charge is 0.351 e. The van der Waals surface area contributed by atoms with Gasteiger partial charge in [0.05, 0.1) is 23.6 Å². The number of imidazole rings is 1. The van der Waals surface area contributed by atoms with Gasteiger partial charge in [-0.2, -0.15) is 10.1 Å². The monoisotopic (exact) mass is 424 g/mol. The molecule has 2 aromatic carbocycles. The third-order valence-electron chi connectivity index (χ3n) is 6.16. The van der Waals surface area contributed by atoms with Crippen LogP contribution in [0.4, 0.5) is 5.95 Å². The number of H-pyrrole nitrogens is 1. The van der Waals surface area contributed by atoms with Gasteiger partial charge < -0.3 is 5.32 Å². The maximum Gasteiger partial charge on any atom is 0.224 e. The Morgan fingerprint density at radius 2 is 1.88 bits per heavy atom. The molecule has 8 nitrogen and oxygen atoms in total. The zero-order chi connectivity index (χ0) is 21.3. The normalized spacial score (nSPS) is 15.5. The van der Waals surface area contributed by atoms with Crippen LogP contribution in [0.2, 0.25) is 0 Å². The van der Waals surface area contributed by atoms with Crippen molar-refractivity contribution in [3.05, 3.63) is 72.8 Å². The molecule has 3 aromatic heterocycles. The number of benzene rings is 2. The summed E-state index contributed by atoms with van der Waals surface area (Å²) in [5.41, 5.74) is 4.91. The smallest absolute Gasteiger partial charge is 0.224 e. The lowest BCUT2D eigenvalue weighted by Crippen LogP contribution is -2.38. The number of aromatic amines is 1. The van der Waals surface area contributed by atoms with E-state index in [4.69, 9.17) is 4.98 Å². The molecule has 1 aliphatic rings. The van der Waals surface area contributed by atoms with E-state index in [2.05, 4.69) is 72.8 Å². The molecular formula is C24H24N8. The van der Waals surface area contributed by atoms with Crippen LogP contribution in [0.3, 0.4) is 0 Å². The summed E-state index contributed by atoms with van der Waals surface area (Å²) in [6.07, 6.45) is 7.55. The van der Waals surface area contributed by atoms with Gasteiger partial charge in [-0.15, -0.1) is 0 Å². The Balaban J connectivity index is 1.17. The van der Waals surface area contributed by atoms with E-state index in [0.29, 0.717) is 12.0 Å². The van der Waals surface area contributed by atoms with Crippen molar-refractivity contribution >= 4 is 28.0 Å². The van der Waals surface area contributed by atoms with Crippen LogP contribution < -0.4 is 5.32 Å². The fraction of sp³-hybridized carbons (Fsp3) is 0.250. The quantitative estimate of drug-likeness (QED) is 0.447. The first kappa shape index (κ1) is 18.9. The second kappa shape index (κ2) is 8.05. The van der Waals surface area contributed by atoms with E-state index in [1.165, 1.54) is 5.56 Å². The molecule has 5 aromatic rings. The van der Waals surface area contributed by atoms with Crippen LogP contribution in [-0.2, 0) is 6.54 Å². The van der Waals surface area contributed by atoms with Gasteiger partial charge >= 0.3 is 0 Å².